The minimum Gasteiger partial charge on any atom is -0.478 e. The maximum Gasteiger partial charge on any atom is 0.328 e. The summed E-state index contributed by atoms with van der Waals surface area (Å²) in [4.78, 5) is 25.0. The average molecular weight is 206 g/mol. The zero-order valence-corrected chi connectivity index (χ0v) is 7.88. The Morgan fingerprint density at radius 2 is 2.00 bits per heavy atom. The maximum atomic E-state index is 11.0. The van der Waals surface area contributed by atoms with Crippen LogP contribution in [0, 0.1) is 0 Å². The highest BCUT2D eigenvalue weighted by molar-refractivity contribution is 5.93. The van der Waals surface area contributed by atoms with Crippen LogP contribution in [0.4, 0.5) is 0 Å². The van der Waals surface area contributed by atoms with Crippen LogP contribution in [0.2, 0.25) is 0 Å². The van der Waals surface area contributed by atoms with E-state index in [-0.39, 0.29) is 0 Å². The summed E-state index contributed by atoms with van der Waals surface area (Å²) in [5.41, 5.74) is 0.905. The lowest BCUT2D eigenvalue weighted by molar-refractivity contribution is -0.131. The molecule has 0 aliphatic carbocycles. The number of amides is 1. The number of hydrogen-bond acceptors (Lipinski definition) is 3. The zero-order valence-electron chi connectivity index (χ0n) is 7.88. The van der Waals surface area contributed by atoms with Crippen molar-refractivity contribution < 1.29 is 14.7 Å². The van der Waals surface area contributed by atoms with Crippen molar-refractivity contribution >= 4 is 11.9 Å². The number of carboxylic acid groups (broad SMARTS) is 1. The van der Waals surface area contributed by atoms with Crippen LogP contribution in [0.1, 0.15) is 5.56 Å². The van der Waals surface area contributed by atoms with Gasteiger partial charge in [-0.05, 0) is 17.7 Å². The van der Waals surface area contributed by atoms with Crippen molar-refractivity contribution in [3.8, 4) is 0 Å². The molecular weight excluding hydrogens is 196 g/mol. The lowest BCUT2D eigenvalue weighted by Gasteiger charge is -2.00. The standard InChI is InChI=1S/C10H10N2O3/c13-9(1-2-10(14)15)12-7-8-3-5-11-6-4-8/h1-6H,7H2,(H,12,13)(H,14,15)/b2-1+. The largest absolute Gasteiger partial charge is 0.478 e. The monoisotopic (exact) mass is 206 g/mol. The van der Waals surface area contributed by atoms with Crippen LogP contribution in [-0.2, 0) is 16.1 Å². The Balaban J connectivity index is 2.38. The first kappa shape index (κ1) is 10.9. The van der Waals surface area contributed by atoms with Crippen molar-refractivity contribution in [2.24, 2.45) is 0 Å². The summed E-state index contributed by atoms with van der Waals surface area (Å²) in [5, 5.41) is 10.8. The molecule has 78 valence electrons. The van der Waals surface area contributed by atoms with E-state index in [1.165, 1.54) is 0 Å². The molecule has 0 radical (unpaired) electrons. The van der Waals surface area contributed by atoms with Gasteiger partial charge in [-0.25, -0.2) is 4.79 Å². The molecule has 1 aromatic heterocycles. The Bertz CT molecular complexity index is 374. The molecule has 0 aliphatic rings. The molecule has 15 heavy (non-hydrogen) atoms. The van der Waals surface area contributed by atoms with E-state index in [4.69, 9.17) is 5.11 Å². The van der Waals surface area contributed by atoms with Crippen LogP contribution < -0.4 is 5.32 Å². The van der Waals surface area contributed by atoms with E-state index in [2.05, 4.69) is 10.3 Å². The summed E-state index contributed by atoms with van der Waals surface area (Å²) in [6.45, 7) is 0.352. The molecule has 0 bridgehead atoms. The summed E-state index contributed by atoms with van der Waals surface area (Å²) >= 11 is 0. The lowest BCUT2D eigenvalue weighted by Crippen LogP contribution is -2.20. The van der Waals surface area contributed by atoms with E-state index in [1.807, 2.05) is 0 Å². The minimum atomic E-state index is -1.14. The third-order valence-corrected chi connectivity index (χ3v) is 1.59. The molecule has 0 aromatic carbocycles. The number of carbonyl (C=O) groups is 2. The molecule has 0 aliphatic heterocycles. The number of nitrogens with zero attached hydrogens (tertiary/aromatic N) is 1. The van der Waals surface area contributed by atoms with E-state index >= 15 is 0 Å². The highest BCUT2D eigenvalue weighted by atomic mass is 16.4. The van der Waals surface area contributed by atoms with E-state index in [9.17, 15) is 9.59 Å². The van der Waals surface area contributed by atoms with Gasteiger partial charge in [0, 0.05) is 31.1 Å². The molecule has 0 atom stereocenters. The van der Waals surface area contributed by atoms with Gasteiger partial charge >= 0.3 is 5.97 Å². The molecule has 0 saturated heterocycles. The molecule has 1 aromatic rings. The number of hydrogen-bond donors (Lipinski definition) is 2. The number of pyridine rings is 1. The zero-order chi connectivity index (χ0) is 11.1. The number of carboxylic acids is 1. The van der Waals surface area contributed by atoms with Gasteiger partial charge in [-0.3, -0.25) is 9.78 Å². The number of rotatable bonds is 4. The second-order valence-corrected chi connectivity index (χ2v) is 2.74. The first-order valence-corrected chi connectivity index (χ1v) is 4.26. The van der Waals surface area contributed by atoms with Crippen molar-refractivity contribution in [1.29, 1.82) is 0 Å². The van der Waals surface area contributed by atoms with E-state index < -0.39 is 11.9 Å². The minimum absolute atomic E-state index is 0.352. The van der Waals surface area contributed by atoms with Crippen LogP contribution in [-0.4, -0.2) is 22.0 Å². The smallest absolute Gasteiger partial charge is 0.328 e. The van der Waals surface area contributed by atoms with Crippen LogP contribution in [0.15, 0.2) is 36.7 Å². The fourth-order valence-electron chi connectivity index (χ4n) is 0.896. The highest BCUT2D eigenvalue weighted by Crippen LogP contribution is 1.94. The Hall–Kier alpha value is -2.17. The normalized spacial score (nSPS) is 10.1. The fourth-order valence-corrected chi connectivity index (χ4v) is 0.896. The third-order valence-electron chi connectivity index (χ3n) is 1.59. The Labute approximate surface area is 86.5 Å². The molecule has 5 nitrogen and oxygen atoms in total. The van der Waals surface area contributed by atoms with E-state index in [1.54, 1.807) is 24.5 Å². The quantitative estimate of drug-likeness (QED) is 0.696. The molecule has 5 heteroatoms. The van der Waals surface area contributed by atoms with Gasteiger partial charge in [0.05, 0.1) is 0 Å². The van der Waals surface area contributed by atoms with Crippen LogP contribution in [0.5, 0.6) is 0 Å². The number of carbonyl (C=O) groups excluding carboxylic acids is 1. The Morgan fingerprint density at radius 3 is 2.60 bits per heavy atom. The van der Waals surface area contributed by atoms with Gasteiger partial charge in [-0.2, -0.15) is 0 Å². The molecular formula is C10H10N2O3. The molecule has 1 heterocycles. The first-order chi connectivity index (χ1) is 7.18. The number of nitrogens with one attached hydrogen (secondary N) is 1. The van der Waals surface area contributed by atoms with Gasteiger partial charge in [0.15, 0.2) is 0 Å². The first-order valence-electron chi connectivity index (χ1n) is 4.26. The van der Waals surface area contributed by atoms with Crippen LogP contribution >= 0.6 is 0 Å². The SMILES string of the molecule is O=C(O)/C=C/C(=O)NCc1ccncc1. The summed E-state index contributed by atoms with van der Waals surface area (Å²) in [6.07, 6.45) is 5.01. The second-order valence-electron chi connectivity index (χ2n) is 2.74. The summed E-state index contributed by atoms with van der Waals surface area (Å²) in [6, 6.07) is 3.53. The molecule has 1 amide bonds. The fraction of sp³-hybridized carbons (Fsp3) is 0.100. The molecule has 1 rings (SSSR count). The average Bonchev–Trinajstić information content (AvgIpc) is 2.25. The summed E-state index contributed by atoms with van der Waals surface area (Å²) < 4.78 is 0. The molecule has 0 fully saturated rings. The van der Waals surface area contributed by atoms with Gasteiger partial charge in [-0.15, -0.1) is 0 Å². The molecule has 0 spiro atoms. The number of aromatic nitrogens is 1. The number of aliphatic carboxylic acids is 1. The molecule has 2 N–H and O–H groups in total. The van der Waals surface area contributed by atoms with Crippen molar-refractivity contribution in [3.05, 3.63) is 42.2 Å². The molecule has 0 saturated carbocycles. The Morgan fingerprint density at radius 1 is 1.33 bits per heavy atom. The van der Waals surface area contributed by atoms with E-state index in [0.29, 0.717) is 6.54 Å². The van der Waals surface area contributed by atoms with Crippen molar-refractivity contribution in [1.82, 2.24) is 10.3 Å². The van der Waals surface area contributed by atoms with Gasteiger partial charge in [0.25, 0.3) is 0 Å². The summed E-state index contributed by atoms with van der Waals surface area (Å²) in [5.74, 6) is -1.58. The maximum absolute atomic E-state index is 11.0. The Kier molecular flexibility index (Phi) is 4.03. The predicted molar refractivity (Wildman–Crippen MR) is 52.9 cm³/mol. The van der Waals surface area contributed by atoms with Gasteiger partial charge in [0.2, 0.25) is 5.91 Å². The summed E-state index contributed by atoms with van der Waals surface area (Å²) in [7, 11) is 0. The van der Waals surface area contributed by atoms with Crippen LogP contribution in [0.3, 0.4) is 0 Å². The third kappa shape index (κ3) is 4.56. The van der Waals surface area contributed by atoms with Gasteiger partial charge in [-0.1, -0.05) is 0 Å². The van der Waals surface area contributed by atoms with Gasteiger partial charge in [0.1, 0.15) is 0 Å². The van der Waals surface area contributed by atoms with Crippen molar-refractivity contribution in [2.45, 2.75) is 6.54 Å². The van der Waals surface area contributed by atoms with Crippen molar-refractivity contribution in [2.75, 3.05) is 0 Å². The van der Waals surface area contributed by atoms with Crippen molar-refractivity contribution in [3.63, 3.8) is 0 Å². The topological polar surface area (TPSA) is 79.3 Å². The predicted octanol–water partition coefficient (Wildman–Crippen LogP) is 0.339. The lowest BCUT2D eigenvalue weighted by atomic mass is 10.3. The molecule has 0 unspecified atom stereocenters. The second kappa shape index (κ2) is 5.54. The van der Waals surface area contributed by atoms with Gasteiger partial charge < -0.3 is 10.4 Å². The highest BCUT2D eigenvalue weighted by Gasteiger charge is 1.96. The van der Waals surface area contributed by atoms with E-state index in [0.717, 1.165) is 17.7 Å². The van der Waals surface area contributed by atoms with Crippen LogP contribution in [0.25, 0.3) is 0 Å².